The molecule has 1 aliphatic heterocycles. The normalized spacial score (nSPS) is 12.5. The van der Waals surface area contributed by atoms with Crippen molar-refractivity contribution < 1.29 is 33.3 Å². The Hall–Kier alpha value is -4.33. The van der Waals surface area contributed by atoms with Crippen molar-refractivity contribution in [2.24, 2.45) is 0 Å². The van der Waals surface area contributed by atoms with Gasteiger partial charge in [-0.2, -0.15) is 0 Å². The van der Waals surface area contributed by atoms with Gasteiger partial charge >= 0.3 is 11.9 Å². The van der Waals surface area contributed by atoms with Crippen LogP contribution in [0.2, 0.25) is 0 Å². The number of hydrogen-bond donors (Lipinski definition) is 1. The molecule has 0 saturated carbocycles. The van der Waals surface area contributed by atoms with Gasteiger partial charge in [-0.15, -0.1) is 0 Å². The van der Waals surface area contributed by atoms with Gasteiger partial charge in [-0.1, -0.05) is 30.3 Å². The standard InChI is InChI=1S/C26H23NO7/c1-16(25(29)27-14-18-3-12-23-24(13-18)32-15-31-23)33-26(30)21-6-4-19(5-7-21)20-8-10-22(11-9-20)34-17(2)28/h3-13,16H,14-15H2,1-2H3,(H,27,29)/t16-/m0/s1. The molecule has 174 valence electrons. The van der Waals surface area contributed by atoms with Gasteiger partial charge in [-0.05, 0) is 60.0 Å². The zero-order valence-electron chi connectivity index (χ0n) is 18.7. The molecule has 0 unspecified atom stereocenters. The average molecular weight is 461 g/mol. The van der Waals surface area contributed by atoms with Gasteiger partial charge in [0.2, 0.25) is 6.79 Å². The van der Waals surface area contributed by atoms with E-state index in [1.54, 1.807) is 48.5 Å². The average Bonchev–Trinajstić information content (AvgIpc) is 3.30. The van der Waals surface area contributed by atoms with Crippen LogP contribution >= 0.6 is 0 Å². The van der Waals surface area contributed by atoms with Crippen LogP contribution in [0.4, 0.5) is 0 Å². The zero-order chi connectivity index (χ0) is 24.1. The highest BCUT2D eigenvalue weighted by molar-refractivity contribution is 5.92. The number of rotatable bonds is 7. The molecule has 0 fully saturated rings. The number of amides is 1. The molecular weight excluding hydrogens is 438 g/mol. The number of hydrogen-bond acceptors (Lipinski definition) is 7. The third kappa shape index (κ3) is 5.53. The first-order valence-electron chi connectivity index (χ1n) is 10.6. The topological polar surface area (TPSA) is 100 Å². The van der Waals surface area contributed by atoms with Crippen molar-refractivity contribution in [2.75, 3.05) is 6.79 Å². The summed E-state index contributed by atoms with van der Waals surface area (Å²) in [5.41, 5.74) is 2.94. The second-order valence-electron chi connectivity index (χ2n) is 7.65. The summed E-state index contributed by atoms with van der Waals surface area (Å²) in [5.74, 6) is 0.379. The molecule has 3 aromatic rings. The van der Waals surface area contributed by atoms with E-state index in [2.05, 4.69) is 5.32 Å². The zero-order valence-corrected chi connectivity index (χ0v) is 18.7. The Morgan fingerprint density at radius 1 is 0.912 bits per heavy atom. The summed E-state index contributed by atoms with van der Waals surface area (Å²) in [6, 6.07) is 19.3. The van der Waals surface area contributed by atoms with E-state index in [0.29, 0.717) is 22.8 Å². The molecule has 34 heavy (non-hydrogen) atoms. The fraction of sp³-hybridized carbons (Fsp3) is 0.192. The van der Waals surface area contributed by atoms with Crippen molar-refractivity contribution in [1.29, 1.82) is 0 Å². The summed E-state index contributed by atoms with van der Waals surface area (Å²) in [5, 5.41) is 2.75. The number of nitrogens with one attached hydrogen (secondary N) is 1. The summed E-state index contributed by atoms with van der Waals surface area (Å²) in [4.78, 5) is 35.9. The number of carbonyl (C=O) groups is 3. The second kappa shape index (κ2) is 10.1. The minimum absolute atomic E-state index is 0.182. The molecule has 0 bridgehead atoms. The molecule has 0 spiro atoms. The maximum absolute atomic E-state index is 12.5. The molecule has 0 radical (unpaired) electrons. The molecular formula is C26H23NO7. The Labute approximate surface area is 196 Å². The lowest BCUT2D eigenvalue weighted by molar-refractivity contribution is -0.132. The van der Waals surface area contributed by atoms with Crippen LogP contribution in [0.5, 0.6) is 17.2 Å². The molecule has 1 heterocycles. The molecule has 1 atom stereocenters. The smallest absolute Gasteiger partial charge is 0.338 e. The van der Waals surface area contributed by atoms with Crippen molar-refractivity contribution in [3.8, 4) is 28.4 Å². The van der Waals surface area contributed by atoms with Crippen molar-refractivity contribution in [3.05, 3.63) is 77.9 Å². The summed E-state index contributed by atoms with van der Waals surface area (Å²) >= 11 is 0. The Morgan fingerprint density at radius 3 is 2.24 bits per heavy atom. The van der Waals surface area contributed by atoms with E-state index < -0.39 is 18.0 Å². The molecule has 1 aliphatic rings. The quantitative estimate of drug-likeness (QED) is 0.421. The van der Waals surface area contributed by atoms with Crippen LogP contribution in [0.3, 0.4) is 0 Å². The predicted molar refractivity (Wildman–Crippen MR) is 122 cm³/mol. The first-order chi connectivity index (χ1) is 16.4. The van der Waals surface area contributed by atoms with E-state index in [4.69, 9.17) is 18.9 Å². The molecule has 8 heteroatoms. The van der Waals surface area contributed by atoms with Crippen LogP contribution < -0.4 is 19.5 Å². The summed E-state index contributed by atoms with van der Waals surface area (Å²) < 4.78 is 20.9. The second-order valence-corrected chi connectivity index (χ2v) is 7.65. The Bertz CT molecular complexity index is 1200. The minimum atomic E-state index is -0.963. The Kier molecular flexibility index (Phi) is 6.77. The van der Waals surface area contributed by atoms with Crippen molar-refractivity contribution in [2.45, 2.75) is 26.5 Å². The fourth-order valence-corrected chi connectivity index (χ4v) is 3.35. The highest BCUT2D eigenvalue weighted by Gasteiger charge is 2.19. The highest BCUT2D eigenvalue weighted by Crippen LogP contribution is 2.32. The molecule has 8 nitrogen and oxygen atoms in total. The van der Waals surface area contributed by atoms with Crippen LogP contribution in [0.15, 0.2) is 66.7 Å². The van der Waals surface area contributed by atoms with E-state index >= 15 is 0 Å². The molecule has 0 aliphatic carbocycles. The largest absolute Gasteiger partial charge is 0.454 e. The number of esters is 2. The van der Waals surface area contributed by atoms with Crippen molar-refractivity contribution >= 4 is 17.8 Å². The summed E-state index contributed by atoms with van der Waals surface area (Å²) in [7, 11) is 0. The van der Waals surface area contributed by atoms with E-state index in [-0.39, 0.29) is 19.3 Å². The molecule has 4 rings (SSSR count). The number of carbonyl (C=O) groups excluding carboxylic acids is 3. The predicted octanol–water partition coefficient (Wildman–Crippen LogP) is 3.87. The third-order valence-electron chi connectivity index (χ3n) is 5.13. The Morgan fingerprint density at radius 2 is 1.56 bits per heavy atom. The molecule has 1 amide bonds. The van der Waals surface area contributed by atoms with E-state index in [1.807, 2.05) is 18.2 Å². The van der Waals surface area contributed by atoms with Crippen LogP contribution in [0, 0.1) is 0 Å². The van der Waals surface area contributed by atoms with Gasteiger partial charge in [0.05, 0.1) is 5.56 Å². The van der Waals surface area contributed by atoms with Crippen LogP contribution in [0.25, 0.3) is 11.1 Å². The maximum Gasteiger partial charge on any atom is 0.338 e. The fourth-order valence-electron chi connectivity index (χ4n) is 3.35. The summed E-state index contributed by atoms with van der Waals surface area (Å²) in [6.45, 7) is 3.31. The molecule has 1 N–H and O–H groups in total. The van der Waals surface area contributed by atoms with E-state index in [0.717, 1.165) is 16.7 Å². The molecule has 0 aromatic heterocycles. The van der Waals surface area contributed by atoms with Gasteiger partial charge < -0.3 is 24.3 Å². The van der Waals surface area contributed by atoms with Gasteiger partial charge in [0.25, 0.3) is 5.91 Å². The monoisotopic (exact) mass is 461 g/mol. The lowest BCUT2D eigenvalue weighted by Gasteiger charge is -2.14. The van der Waals surface area contributed by atoms with Crippen LogP contribution in [-0.2, 0) is 20.9 Å². The van der Waals surface area contributed by atoms with Gasteiger partial charge in [-0.25, -0.2) is 4.79 Å². The SMILES string of the molecule is CC(=O)Oc1ccc(-c2ccc(C(=O)O[C@@H](C)C(=O)NCc3ccc4c(c3)OCO4)cc2)cc1. The van der Waals surface area contributed by atoms with Crippen molar-refractivity contribution in [1.82, 2.24) is 5.32 Å². The van der Waals surface area contributed by atoms with Crippen molar-refractivity contribution in [3.63, 3.8) is 0 Å². The lowest BCUT2D eigenvalue weighted by Crippen LogP contribution is -2.35. The van der Waals surface area contributed by atoms with E-state index in [1.165, 1.54) is 13.8 Å². The first-order valence-corrected chi connectivity index (χ1v) is 10.6. The van der Waals surface area contributed by atoms with Crippen LogP contribution in [-0.4, -0.2) is 30.7 Å². The number of benzene rings is 3. The third-order valence-corrected chi connectivity index (χ3v) is 5.13. The van der Waals surface area contributed by atoms with Gasteiger partial charge in [0, 0.05) is 13.5 Å². The molecule has 0 saturated heterocycles. The highest BCUT2D eigenvalue weighted by atomic mass is 16.7. The lowest BCUT2D eigenvalue weighted by atomic mass is 10.0. The number of fused-ring (bicyclic) bond motifs is 1. The van der Waals surface area contributed by atoms with Gasteiger partial charge in [-0.3, -0.25) is 9.59 Å². The minimum Gasteiger partial charge on any atom is -0.454 e. The maximum atomic E-state index is 12.5. The van der Waals surface area contributed by atoms with Gasteiger partial charge in [0.1, 0.15) is 5.75 Å². The Balaban J connectivity index is 1.30. The number of ether oxygens (including phenoxy) is 4. The van der Waals surface area contributed by atoms with Crippen LogP contribution in [0.1, 0.15) is 29.8 Å². The first kappa shape index (κ1) is 22.8. The van der Waals surface area contributed by atoms with E-state index in [9.17, 15) is 14.4 Å². The molecule has 3 aromatic carbocycles. The summed E-state index contributed by atoms with van der Waals surface area (Å²) in [6.07, 6.45) is -0.963. The van der Waals surface area contributed by atoms with Gasteiger partial charge in [0.15, 0.2) is 17.6 Å².